The number of carbonyl (C=O) groups excluding carboxylic acids is 1. The first-order valence-corrected chi connectivity index (χ1v) is 8.04. The normalized spacial score (nSPS) is 17.8. The third-order valence-electron chi connectivity index (χ3n) is 4.37. The maximum absolute atomic E-state index is 13.2. The van der Waals surface area contributed by atoms with E-state index in [0.717, 1.165) is 44.2 Å². The van der Waals surface area contributed by atoms with E-state index in [1.165, 1.54) is 0 Å². The van der Waals surface area contributed by atoms with Crippen molar-refractivity contribution in [2.75, 3.05) is 11.4 Å². The summed E-state index contributed by atoms with van der Waals surface area (Å²) in [5, 5.41) is 0. The zero-order chi connectivity index (χ0) is 15.3. The van der Waals surface area contributed by atoms with Gasteiger partial charge < -0.3 is 10.6 Å². The molecule has 1 aliphatic carbocycles. The number of hydrogen-bond acceptors (Lipinski definition) is 3. The highest BCUT2D eigenvalue weighted by Crippen LogP contribution is 2.38. The van der Waals surface area contributed by atoms with E-state index in [4.69, 9.17) is 18.0 Å². The number of nitrogens with zero attached hydrogens (tertiary/aromatic N) is 2. The summed E-state index contributed by atoms with van der Waals surface area (Å²) in [6.07, 6.45) is 9.26. The highest BCUT2D eigenvalue weighted by atomic mass is 32.1. The standard InChI is InChI=1S/C16H23N3OS/c1-2-19(13-7-11-18-12-8-13)15(20)16(14(17)21)9-5-3-4-6-10-16/h7-8,11-12H,2-6,9-10H2,1H3,(H2,17,21). The van der Waals surface area contributed by atoms with Crippen LogP contribution >= 0.6 is 12.2 Å². The van der Waals surface area contributed by atoms with Gasteiger partial charge in [0.2, 0.25) is 5.91 Å². The van der Waals surface area contributed by atoms with Crippen LogP contribution in [0, 0.1) is 5.41 Å². The van der Waals surface area contributed by atoms with Crippen molar-refractivity contribution in [3.8, 4) is 0 Å². The van der Waals surface area contributed by atoms with Crippen molar-refractivity contribution in [1.29, 1.82) is 0 Å². The maximum Gasteiger partial charge on any atom is 0.240 e. The van der Waals surface area contributed by atoms with Gasteiger partial charge in [-0.05, 0) is 31.9 Å². The third-order valence-corrected chi connectivity index (χ3v) is 4.76. The van der Waals surface area contributed by atoms with Gasteiger partial charge in [0, 0.05) is 24.6 Å². The predicted molar refractivity (Wildman–Crippen MR) is 89.2 cm³/mol. The molecule has 0 unspecified atom stereocenters. The fraction of sp³-hybridized carbons (Fsp3) is 0.562. The molecule has 0 spiro atoms. The molecule has 114 valence electrons. The SMILES string of the molecule is CCN(C(=O)C1(C(N)=S)CCCCCC1)c1ccncc1. The lowest BCUT2D eigenvalue weighted by molar-refractivity contribution is -0.125. The summed E-state index contributed by atoms with van der Waals surface area (Å²) in [7, 11) is 0. The van der Waals surface area contributed by atoms with Crippen LogP contribution < -0.4 is 10.6 Å². The van der Waals surface area contributed by atoms with Crippen LogP contribution in [0.25, 0.3) is 0 Å². The van der Waals surface area contributed by atoms with E-state index >= 15 is 0 Å². The summed E-state index contributed by atoms with van der Waals surface area (Å²) in [5.74, 6) is 0.0469. The van der Waals surface area contributed by atoms with Crippen molar-refractivity contribution in [1.82, 2.24) is 4.98 Å². The second kappa shape index (κ2) is 6.98. The fourth-order valence-corrected chi connectivity index (χ4v) is 3.41. The number of hydrogen-bond donors (Lipinski definition) is 1. The average Bonchev–Trinajstić information content (AvgIpc) is 2.76. The lowest BCUT2D eigenvalue weighted by atomic mass is 9.78. The summed E-state index contributed by atoms with van der Waals surface area (Å²) in [6, 6.07) is 3.71. The molecular formula is C16H23N3OS. The number of pyridine rings is 1. The molecule has 0 saturated heterocycles. The van der Waals surface area contributed by atoms with Gasteiger partial charge in [-0.25, -0.2) is 0 Å². The van der Waals surface area contributed by atoms with Crippen molar-refractivity contribution in [3.05, 3.63) is 24.5 Å². The van der Waals surface area contributed by atoms with Crippen LogP contribution in [0.1, 0.15) is 45.4 Å². The van der Waals surface area contributed by atoms with Gasteiger partial charge in [-0.1, -0.05) is 37.9 Å². The molecule has 0 atom stereocenters. The Morgan fingerprint density at radius 3 is 2.33 bits per heavy atom. The number of thiocarbonyl (C=S) groups is 1. The molecule has 1 heterocycles. The molecule has 0 aromatic carbocycles. The third kappa shape index (κ3) is 3.23. The number of rotatable bonds is 4. The van der Waals surface area contributed by atoms with Crippen LogP contribution in [0.4, 0.5) is 5.69 Å². The molecule has 21 heavy (non-hydrogen) atoms. The highest BCUT2D eigenvalue weighted by molar-refractivity contribution is 7.80. The van der Waals surface area contributed by atoms with Gasteiger partial charge >= 0.3 is 0 Å². The van der Waals surface area contributed by atoms with E-state index in [-0.39, 0.29) is 5.91 Å². The minimum Gasteiger partial charge on any atom is -0.392 e. The van der Waals surface area contributed by atoms with Crippen LogP contribution in [-0.2, 0) is 4.79 Å². The maximum atomic E-state index is 13.2. The summed E-state index contributed by atoms with van der Waals surface area (Å²) >= 11 is 5.30. The number of amides is 1. The smallest absolute Gasteiger partial charge is 0.240 e. The molecule has 2 N–H and O–H groups in total. The quantitative estimate of drug-likeness (QED) is 0.686. The number of anilines is 1. The second-order valence-electron chi connectivity index (χ2n) is 5.62. The Balaban J connectivity index is 2.34. The zero-order valence-electron chi connectivity index (χ0n) is 12.5. The Kier molecular flexibility index (Phi) is 5.28. The zero-order valence-corrected chi connectivity index (χ0v) is 13.4. The molecule has 1 fully saturated rings. The molecular weight excluding hydrogens is 282 g/mol. The van der Waals surface area contributed by atoms with Gasteiger partial charge in [0.1, 0.15) is 0 Å². The van der Waals surface area contributed by atoms with Crippen molar-refractivity contribution in [2.45, 2.75) is 45.4 Å². The second-order valence-corrected chi connectivity index (χ2v) is 6.06. The Morgan fingerprint density at radius 2 is 1.86 bits per heavy atom. The van der Waals surface area contributed by atoms with Gasteiger partial charge in [0.05, 0.1) is 10.4 Å². The van der Waals surface area contributed by atoms with Crippen LogP contribution in [-0.4, -0.2) is 22.4 Å². The molecule has 1 aliphatic rings. The van der Waals surface area contributed by atoms with Crippen LogP contribution in [0.5, 0.6) is 0 Å². The first-order valence-electron chi connectivity index (χ1n) is 7.63. The van der Waals surface area contributed by atoms with Gasteiger partial charge in [-0.3, -0.25) is 9.78 Å². The Hall–Kier alpha value is -1.49. The molecule has 1 aromatic heterocycles. The monoisotopic (exact) mass is 305 g/mol. The first-order chi connectivity index (χ1) is 10.1. The van der Waals surface area contributed by atoms with E-state index in [1.807, 2.05) is 19.1 Å². The topological polar surface area (TPSA) is 59.2 Å². The molecule has 0 aliphatic heterocycles. The fourth-order valence-electron chi connectivity index (χ4n) is 3.12. The first kappa shape index (κ1) is 15.9. The van der Waals surface area contributed by atoms with E-state index in [1.54, 1.807) is 17.3 Å². The van der Waals surface area contributed by atoms with Gasteiger partial charge in [-0.15, -0.1) is 0 Å². The van der Waals surface area contributed by atoms with Crippen molar-refractivity contribution in [3.63, 3.8) is 0 Å². The minimum atomic E-state index is -0.675. The molecule has 0 bridgehead atoms. The molecule has 4 nitrogen and oxygen atoms in total. The van der Waals surface area contributed by atoms with Crippen LogP contribution in [0.2, 0.25) is 0 Å². The van der Waals surface area contributed by atoms with Crippen molar-refractivity contribution >= 4 is 28.8 Å². The molecule has 5 heteroatoms. The molecule has 0 radical (unpaired) electrons. The van der Waals surface area contributed by atoms with Crippen molar-refractivity contribution in [2.24, 2.45) is 11.1 Å². The largest absolute Gasteiger partial charge is 0.392 e. The van der Waals surface area contributed by atoms with Gasteiger partial charge in [0.25, 0.3) is 0 Å². The highest BCUT2D eigenvalue weighted by Gasteiger charge is 2.43. The van der Waals surface area contributed by atoms with E-state index < -0.39 is 5.41 Å². The molecule has 2 rings (SSSR count). The van der Waals surface area contributed by atoms with E-state index in [2.05, 4.69) is 4.98 Å². The molecule has 1 amide bonds. The number of aromatic nitrogens is 1. The van der Waals surface area contributed by atoms with Crippen molar-refractivity contribution < 1.29 is 4.79 Å². The average molecular weight is 305 g/mol. The Bertz CT molecular complexity index is 496. The van der Waals surface area contributed by atoms with Gasteiger partial charge in [0.15, 0.2) is 0 Å². The molecule has 1 aromatic rings. The number of carbonyl (C=O) groups is 1. The number of nitrogens with two attached hydrogens (primary N) is 1. The lowest BCUT2D eigenvalue weighted by Crippen LogP contribution is -2.50. The van der Waals surface area contributed by atoms with Gasteiger partial charge in [-0.2, -0.15) is 0 Å². The minimum absolute atomic E-state index is 0.0469. The van der Waals surface area contributed by atoms with Crippen LogP contribution in [0.3, 0.4) is 0 Å². The summed E-state index contributed by atoms with van der Waals surface area (Å²) < 4.78 is 0. The lowest BCUT2D eigenvalue weighted by Gasteiger charge is -2.35. The van der Waals surface area contributed by atoms with E-state index in [9.17, 15) is 4.79 Å². The molecule has 1 saturated carbocycles. The van der Waals surface area contributed by atoms with E-state index in [0.29, 0.717) is 11.5 Å². The van der Waals surface area contributed by atoms with Crippen LogP contribution in [0.15, 0.2) is 24.5 Å². The summed E-state index contributed by atoms with van der Waals surface area (Å²) in [4.78, 5) is 19.3. The summed E-state index contributed by atoms with van der Waals surface area (Å²) in [6.45, 7) is 2.58. The Labute approximate surface area is 131 Å². The predicted octanol–water partition coefficient (Wildman–Crippen LogP) is 3.06. The summed E-state index contributed by atoms with van der Waals surface area (Å²) in [5.41, 5.74) is 6.20. The Morgan fingerprint density at radius 1 is 1.29 bits per heavy atom.